The van der Waals surface area contributed by atoms with E-state index < -0.39 is 6.03 Å². The van der Waals surface area contributed by atoms with Gasteiger partial charge in [0.05, 0.1) is 0 Å². The van der Waals surface area contributed by atoms with E-state index in [0.717, 1.165) is 12.8 Å². The Morgan fingerprint density at radius 2 is 1.50 bits per heavy atom. The van der Waals surface area contributed by atoms with E-state index in [9.17, 15) is 14.4 Å². The number of carbonyl (C=O) groups is 1. The van der Waals surface area contributed by atoms with Crippen molar-refractivity contribution in [1.82, 2.24) is 10.6 Å². The van der Waals surface area contributed by atoms with Crippen molar-refractivity contribution in [3.63, 3.8) is 0 Å². The van der Waals surface area contributed by atoms with E-state index in [1.165, 1.54) is 10.6 Å². The molecule has 0 bridgehead atoms. The Balaban J connectivity index is 3.32. The molecule has 0 rings (SSSR count). The minimum Gasteiger partial charge on any atom is -0.269 e. The summed E-state index contributed by atoms with van der Waals surface area (Å²) < 4.78 is 0. The average Bonchev–Trinajstić information content (AvgIpc) is 1.68. The fourth-order valence-electron chi connectivity index (χ4n) is 0.124. The lowest BCUT2D eigenvalue weighted by Gasteiger charge is -1.86. The SMILES string of the molecule is O=[C]NC(=O)N[C]=O. The molecule has 0 heterocycles. The van der Waals surface area contributed by atoms with Crippen LogP contribution in [0, 0.1) is 0 Å². The number of nitrogens with one attached hydrogen (secondary N) is 2. The van der Waals surface area contributed by atoms with Crippen molar-refractivity contribution in [2.45, 2.75) is 0 Å². The van der Waals surface area contributed by atoms with Gasteiger partial charge in [-0.1, -0.05) is 0 Å². The van der Waals surface area contributed by atoms with Crippen LogP contribution < -0.4 is 10.6 Å². The van der Waals surface area contributed by atoms with E-state index in [1.54, 1.807) is 0 Å². The second-order valence-electron chi connectivity index (χ2n) is 0.783. The number of hydrogen-bond donors (Lipinski definition) is 2. The average molecular weight is 114 g/mol. The number of rotatable bonds is 2. The molecule has 0 aliphatic rings. The molecule has 0 saturated carbocycles. The fraction of sp³-hybridized carbons (Fsp3) is 0. The zero-order chi connectivity index (χ0) is 6.41. The maximum absolute atomic E-state index is 9.90. The maximum Gasteiger partial charge on any atom is 0.328 e. The summed E-state index contributed by atoms with van der Waals surface area (Å²) in [5.41, 5.74) is 0. The van der Waals surface area contributed by atoms with E-state index in [0.29, 0.717) is 0 Å². The highest BCUT2D eigenvalue weighted by Gasteiger charge is 1.93. The van der Waals surface area contributed by atoms with Crippen molar-refractivity contribution < 1.29 is 14.4 Å². The van der Waals surface area contributed by atoms with Crippen molar-refractivity contribution in [2.24, 2.45) is 0 Å². The Morgan fingerprint density at radius 1 is 1.12 bits per heavy atom. The zero-order valence-corrected chi connectivity index (χ0v) is 3.72. The predicted octanol–water partition coefficient (Wildman–Crippen LogP) is -1.58. The van der Waals surface area contributed by atoms with Crippen molar-refractivity contribution in [1.29, 1.82) is 0 Å². The largest absolute Gasteiger partial charge is 0.328 e. The third-order valence-electron chi connectivity index (χ3n) is 0.329. The zero-order valence-electron chi connectivity index (χ0n) is 3.72. The highest BCUT2D eigenvalue weighted by Crippen LogP contribution is 1.51. The topological polar surface area (TPSA) is 75.3 Å². The molecule has 0 saturated heterocycles. The third-order valence-corrected chi connectivity index (χ3v) is 0.329. The van der Waals surface area contributed by atoms with Gasteiger partial charge in [-0.15, -0.1) is 0 Å². The lowest BCUT2D eigenvalue weighted by atomic mass is 10.9. The quantitative estimate of drug-likeness (QED) is 0.425. The summed E-state index contributed by atoms with van der Waals surface area (Å²) in [6, 6.07) is -0.935. The lowest BCUT2D eigenvalue weighted by Crippen LogP contribution is -2.33. The van der Waals surface area contributed by atoms with Crippen LogP contribution in [0.15, 0.2) is 0 Å². The molecule has 0 unspecified atom stereocenters. The first kappa shape index (κ1) is 6.61. The summed E-state index contributed by atoms with van der Waals surface area (Å²) in [6.07, 6.45) is 2.12. The number of imide groups is 2. The molecule has 5 heteroatoms. The summed E-state index contributed by atoms with van der Waals surface area (Å²) in [5.74, 6) is 0. The van der Waals surface area contributed by atoms with Crippen LogP contribution in [0.3, 0.4) is 0 Å². The normalized spacial score (nSPS) is 7.00. The summed E-state index contributed by atoms with van der Waals surface area (Å²) in [7, 11) is 0. The third kappa shape index (κ3) is 2.83. The van der Waals surface area contributed by atoms with Gasteiger partial charge in [-0.05, 0) is 0 Å². The molecule has 0 aromatic rings. The van der Waals surface area contributed by atoms with Gasteiger partial charge in [0.25, 0.3) is 0 Å². The summed E-state index contributed by atoms with van der Waals surface area (Å²) in [5, 5.41) is 3.06. The highest BCUT2D eigenvalue weighted by molar-refractivity contribution is 5.91. The molecule has 0 atom stereocenters. The van der Waals surface area contributed by atoms with Crippen LogP contribution in [0.2, 0.25) is 0 Å². The smallest absolute Gasteiger partial charge is 0.269 e. The Kier molecular flexibility index (Phi) is 3.13. The first-order valence-corrected chi connectivity index (χ1v) is 1.61. The summed E-state index contributed by atoms with van der Waals surface area (Å²) >= 11 is 0. The molecule has 4 amide bonds. The summed E-state index contributed by atoms with van der Waals surface area (Å²) in [4.78, 5) is 28.4. The van der Waals surface area contributed by atoms with Crippen molar-refractivity contribution in [2.75, 3.05) is 0 Å². The molecule has 0 spiro atoms. The number of carbonyl (C=O) groups excluding carboxylic acids is 3. The summed E-state index contributed by atoms with van der Waals surface area (Å²) in [6.45, 7) is 0. The van der Waals surface area contributed by atoms with Crippen LogP contribution in [0.1, 0.15) is 0 Å². The first-order chi connectivity index (χ1) is 3.81. The van der Waals surface area contributed by atoms with Crippen LogP contribution in [0.4, 0.5) is 4.79 Å². The lowest BCUT2D eigenvalue weighted by molar-refractivity contribution is 0.249. The van der Waals surface area contributed by atoms with Gasteiger partial charge >= 0.3 is 18.9 Å². The van der Waals surface area contributed by atoms with Gasteiger partial charge in [-0.25, -0.2) is 4.79 Å². The molecular weight excluding hydrogens is 112 g/mol. The number of amides is 4. The van der Waals surface area contributed by atoms with E-state index in [4.69, 9.17) is 0 Å². The predicted molar refractivity (Wildman–Crippen MR) is 23.1 cm³/mol. The molecule has 2 N–H and O–H groups in total. The fourth-order valence-corrected chi connectivity index (χ4v) is 0.124. The monoisotopic (exact) mass is 114 g/mol. The molecule has 0 fully saturated rings. The Morgan fingerprint density at radius 3 is 1.75 bits per heavy atom. The van der Waals surface area contributed by atoms with Gasteiger partial charge in [-0.2, -0.15) is 0 Å². The van der Waals surface area contributed by atoms with Gasteiger partial charge in [0.2, 0.25) is 0 Å². The molecule has 0 aromatic carbocycles. The van der Waals surface area contributed by atoms with Crippen LogP contribution >= 0.6 is 0 Å². The van der Waals surface area contributed by atoms with Gasteiger partial charge in [0.1, 0.15) is 0 Å². The molecule has 2 radical (unpaired) electrons. The van der Waals surface area contributed by atoms with Crippen molar-refractivity contribution in [3.8, 4) is 0 Å². The second kappa shape index (κ2) is 3.79. The Bertz CT molecular complexity index is 99.1. The van der Waals surface area contributed by atoms with Crippen LogP contribution in [0.5, 0.6) is 0 Å². The Hall–Kier alpha value is -1.39. The van der Waals surface area contributed by atoms with Crippen molar-refractivity contribution in [3.05, 3.63) is 0 Å². The molecule has 0 aliphatic carbocycles. The highest BCUT2D eigenvalue weighted by atomic mass is 16.2. The van der Waals surface area contributed by atoms with E-state index in [2.05, 4.69) is 0 Å². The molecule has 8 heavy (non-hydrogen) atoms. The van der Waals surface area contributed by atoms with Gasteiger partial charge in [-0.3, -0.25) is 20.2 Å². The first-order valence-electron chi connectivity index (χ1n) is 1.61. The number of hydrogen-bond acceptors (Lipinski definition) is 3. The van der Waals surface area contributed by atoms with Gasteiger partial charge in [0, 0.05) is 0 Å². The molecule has 42 valence electrons. The van der Waals surface area contributed by atoms with Crippen LogP contribution in [-0.4, -0.2) is 18.9 Å². The van der Waals surface area contributed by atoms with Crippen molar-refractivity contribution >= 4 is 18.9 Å². The standard InChI is InChI=1S/C3H2N2O3/c6-1-4-3(8)5-2-7/h(H2,4,5,6,7,8). The Labute approximate surface area is 45.1 Å². The minimum atomic E-state index is -0.935. The minimum absolute atomic E-state index is 0.935. The van der Waals surface area contributed by atoms with Crippen LogP contribution in [0.25, 0.3) is 0 Å². The molecule has 5 nitrogen and oxygen atoms in total. The van der Waals surface area contributed by atoms with E-state index >= 15 is 0 Å². The van der Waals surface area contributed by atoms with Gasteiger partial charge < -0.3 is 0 Å². The maximum atomic E-state index is 9.90. The molecule has 0 aliphatic heterocycles. The molecule has 0 aromatic heterocycles. The molecular formula is C3H2N2O3. The van der Waals surface area contributed by atoms with Crippen LogP contribution in [-0.2, 0) is 9.59 Å². The second-order valence-corrected chi connectivity index (χ2v) is 0.783. The van der Waals surface area contributed by atoms with E-state index in [-0.39, 0.29) is 0 Å². The van der Waals surface area contributed by atoms with Gasteiger partial charge in [0.15, 0.2) is 0 Å². The number of urea groups is 1. The van der Waals surface area contributed by atoms with E-state index in [1.807, 2.05) is 0 Å².